The predicted molar refractivity (Wildman–Crippen MR) is 145 cm³/mol. The number of amides is 1. The number of carbonyl (C=O) groups excluding carboxylic acids is 1. The lowest BCUT2D eigenvalue weighted by Crippen LogP contribution is -2.49. The maximum atomic E-state index is 13.1. The monoisotopic (exact) mass is 521 g/mol. The van der Waals surface area contributed by atoms with E-state index in [1.807, 2.05) is 67.3 Å². The van der Waals surface area contributed by atoms with Crippen LogP contribution in [0.4, 0.5) is 5.69 Å². The second-order valence-corrected chi connectivity index (χ2v) is 9.31. The average Bonchev–Trinajstić information content (AvgIpc) is 2.92. The summed E-state index contributed by atoms with van der Waals surface area (Å²) in [5.41, 5.74) is 4.60. The van der Waals surface area contributed by atoms with E-state index < -0.39 is 11.9 Å². The van der Waals surface area contributed by atoms with Gasteiger partial charge in [-0.15, -0.1) is 0 Å². The molecule has 1 unspecified atom stereocenters. The van der Waals surface area contributed by atoms with Crippen LogP contribution >= 0.6 is 0 Å². The second kappa shape index (κ2) is 14.1. The van der Waals surface area contributed by atoms with Crippen LogP contribution in [0.2, 0.25) is 0 Å². The molecule has 9 nitrogen and oxygen atoms in total. The molecule has 0 saturated carbocycles. The molecule has 202 valence electrons. The molecule has 0 radical (unpaired) electrons. The fraction of sp³-hybridized carbons (Fsp3) is 0.379. The van der Waals surface area contributed by atoms with E-state index in [1.54, 1.807) is 0 Å². The maximum Gasteiger partial charge on any atom is 0.414 e. The van der Waals surface area contributed by atoms with Crippen LogP contribution in [0.25, 0.3) is 0 Å². The van der Waals surface area contributed by atoms with Crippen LogP contribution in [-0.4, -0.2) is 64.9 Å². The SMILES string of the molecule is CC(/C=C1/C(=O)N(c2ccccc2C)C1c1ccccc1)=NOCCCN1CCCCC1.O=C(O)C(=O)O. The zero-order valence-electron chi connectivity index (χ0n) is 21.9. The molecule has 0 aromatic heterocycles. The molecule has 1 amide bonds. The number of anilines is 1. The van der Waals surface area contributed by atoms with Gasteiger partial charge >= 0.3 is 11.9 Å². The van der Waals surface area contributed by atoms with Gasteiger partial charge in [0.2, 0.25) is 0 Å². The van der Waals surface area contributed by atoms with E-state index in [0.29, 0.717) is 6.61 Å². The first kappa shape index (κ1) is 28.6. The van der Waals surface area contributed by atoms with Gasteiger partial charge in [-0.25, -0.2) is 9.59 Å². The Kier molecular flexibility index (Phi) is 10.6. The summed E-state index contributed by atoms with van der Waals surface area (Å²) in [6, 6.07) is 18.1. The van der Waals surface area contributed by atoms with E-state index in [1.165, 1.54) is 32.4 Å². The van der Waals surface area contributed by atoms with Gasteiger partial charge in [-0.05, 0) is 69.5 Å². The van der Waals surface area contributed by atoms with Crippen molar-refractivity contribution in [2.45, 2.75) is 45.6 Å². The Labute approximate surface area is 223 Å². The third kappa shape index (κ3) is 7.76. The molecule has 2 aliphatic rings. The lowest BCUT2D eigenvalue weighted by molar-refractivity contribution is -0.159. The highest BCUT2D eigenvalue weighted by atomic mass is 16.6. The first-order valence-electron chi connectivity index (χ1n) is 12.8. The number of rotatable bonds is 8. The number of carbonyl (C=O) groups is 3. The molecule has 2 heterocycles. The first-order chi connectivity index (χ1) is 18.3. The van der Waals surface area contributed by atoms with Crippen LogP contribution in [0, 0.1) is 6.92 Å². The molecule has 2 aromatic rings. The number of piperidine rings is 1. The number of aryl methyl sites for hydroxylation is 1. The van der Waals surface area contributed by atoms with Gasteiger partial charge in [-0.2, -0.15) is 0 Å². The number of carboxylic acid groups (broad SMARTS) is 2. The van der Waals surface area contributed by atoms with Gasteiger partial charge in [-0.3, -0.25) is 9.69 Å². The van der Waals surface area contributed by atoms with Crippen molar-refractivity contribution in [1.82, 2.24) is 4.90 Å². The summed E-state index contributed by atoms with van der Waals surface area (Å²) in [7, 11) is 0. The zero-order chi connectivity index (χ0) is 27.5. The highest BCUT2D eigenvalue weighted by Crippen LogP contribution is 2.44. The number of aliphatic carboxylic acids is 2. The number of benzene rings is 2. The van der Waals surface area contributed by atoms with Crippen molar-refractivity contribution < 1.29 is 29.4 Å². The summed E-state index contributed by atoms with van der Waals surface area (Å²) >= 11 is 0. The summed E-state index contributed by atoms with van der Waals surface area (Å²) < 4.78 is 0. The first-order valence-corrected chi connectivity index (χ1v) is 12.8. The molecular formula is C29H35N3O6. The Morgan fingerprint density at radius 1 is 1.00 bits per heavy atom. The van der Waals surface area contributed by atoms with Gasteiger partial charge in [0.1, 0.15) is 6.61 Å². The molecule has 2 aliphatic heterocycles. The molecule has 2 saturated heterocycles. The molecular weight excluding hydrogens is 486 g/mol. The van der Waals surface area contributed by atoms with Crippen molar-refractivity contribution in [2.24, 2.45) is 5.16 Å². The minimum absolute atomic E-state index is 0.0211. The van der Waals surface area contributed by atoms with Crippen molar-refractivity contribution in [2.75, 3.05) is 31.1 Å². The second-order valence-electron chi connectivity index (χ2n) is 9.31. The molecule has 0 bridgehead atoms. The minimum atomic E-state index is -1.82. The summed E-state index contributed by atoms with van der Waals surface area (Å²) in [5, 5.41) is 19.0. The van der Waals surface area contributed by atoms with Crippen LogP contribution in [0.5, 0.6) is 0 Å². The maximum absolute atomic E-state index is 13.1. The zero-order valence-corrected chi connectivity index (χ0v) is 21.9. The van der Waals surface area contributed by atoms with E-state index in [4.69, 9.17) is 24.6 Å². The number of nitrogens with zero attached hydrogens (tertiary/aromatic N) is 3. The quantitative estimate of drug-likeness (QED) is 0.132. The Morgan fingerprint density at radius 2 is 1.63 bits per heavy atom. The van der Waals surface area contributed by atoms with Crippen LogP contribution in [0.3, 0.4) is 0 Å². The summed E-state index contributed by atoms with van der Waals surface area (Å²) in [6.45, 7) is 8.00. The number of hydrogen-bond acceptors (Lipinski definition) is 6. The van der Waals surface area contributed by atoms with E-state index in [2.05, 4.69) is 22.2 Å². The van der Waals surface area contributed by atoms with Crippen LogP contribution < -0.4 is 4.90 Å². The molecule has 0 spiro atoms. The number of likely N-dealkylation sites (tertiary alicyclic amines) is 1. The topological polar surface area (TPSA) is 120 Å². The standard InChI is InChI=1S/C27H33N3O2.C2H2O4/c1-21-12-7-8-15-25(21)30-26(23-13-5-3-6-14-23)24(27(30)31)20-22(2)28-32-19-11-18-29-16-9-4-10-17-29;3-1(4)2(5)6/h3,5-8,12-15,20,26H,4,9-11,16-19H2,1-2H3;(H,3,4)(H,5,6)/b24-20+,28-22?;. The predicted octanol–water partition coefficient (Wildman–Crippen LogP) is 4.43. The Hall–Kier alpha value is -3.98. The van der Waals surface area contributed by atoms with Crippen molar-refractivity contribution >= 4 is 29.2 Å². The number of carboxylic acids is 2. The molecule has 1 atom stereocenters. The molecule has 0 aliphatic carbocycles. The smallest absolute Gasteiger partial charge is 0.414 e. The van der Waals surface area contributed by atoms with Gasteiger partial charge in [0.05, 0.1) is 11.8 Å². The van der Waals surface area contributed by atoms with Crippen LogP contribution in [0.15, 0.2) is 71.4 Å². The molecule has 2 aromatic carbocycles. The van der Waals surface area contributed by atoms with Crippen molar-refractivity contribution in [3.05, 3.63) is 77.4 Å². The van der Waals surface area contributed by atoms with E-state index in [9.17, 15) is 4.79 Å². The largest absolute Gasteiger partial charge is 0.473 e. The Bertz CT molecular complexity index is 1160. The number of β-lactam (4-membered cyclic amide) rings is 1. The summed E-state index contributed by atoms with van der Waals surface area (Å²) in [6.07, 6.45) is 6.82. The van der Waals surface area contributed by atoms with E-state index in [0.717, 1.165) is 41.1 Å². The molecule has 2 N–H and O–H groups in total. The van der Waals surface area contributed by atoms with Gasteiger partial charge in [0.25, 0.3) is 5.91 Å². The lowest BCUT2D eigenvalue weighted by Gasteiger charge is -2.43. The Morgan fingerprint density at radius 3 is 2.26 bits per heavy atom. The normalized spacial score (nSPS) is 18.8. The number of hydrogen-bond donors (Lipinski definition) is 2. The number of allylic oxidation sites excluding steroid dienone is 1. The van der Waals surface area contributed by atoms with Gasteiger partial charge in [0, 0.05) is 17.8 Å². The van der Waals surface area contributed by atoms with E-state index in [-0.39, 0.29) is 11.9 Å². The number of oxime groups is 1. The molecule has 9 heteroatoms. The summed E-state index contributed by atoms with van der Waals surface area (Å²) in [5.74, 6) is -3.63. The van der Waals surface area contributed by atoms with Gasteiger partial charge in [-0.1, -0.05) is 60.1 Å². The van der Waals surface area contributed by atoms with Crippen molar-refractivity contribution in [3.8, 4) is 0 Å². The number of para-hydroxylation sites is 1. The molecule has 38 heavy (non-hydrogen) atoms. The lowest BCUT2D eigenvalue weighted by atomic mass is 9.86. The highest BCUT2D eigenvalue weighted by molar-refractivity contribution is 6.27. The highest BCUT2D eigenvalue weighted by Gasteiger charge is 2.44. The van der Waals surface area contributed by atoms with Gasteiger partial charge in [0.15, 0.2) is 0 Å². The third-order valence-corrected chi connectivity index (χ3v) is 6.42. The minimum Gasteiger partial charge on any atom is -0.473 e. The van der Waals surface area contributed by atoms with E-state index >= 15 is 0 Å². The van der Waals surface area contributed by atoms with Crippen LogP contribution in [0.1, 0.15) is 49.8 Å². The van der Waals surface area contributed by atoms with Crippen molar-refractivity contribution in [3.63, 3.8) is 0 Å². The average molecular weight is 522 g/mol. The fourth-order valence-corrected chi connectivity index (χ4v) is 4.57. The summed E-state index contributed by atoms with van der Waals surface area (Å²) in [4.78, 5) is 41.3. The molecule has 2 fully saturated rings. The Balaban J connectivity index is 0.000000599. The van der Waals surface area contributed by atoms with Gasteiger partial charge < -0.3 is 20.0 Å². The fourth-order valence-electron chi connectivity index (χ4n) is 4.57. The third-order valence-electron chi connectivity index (χ3n) is 6.42. The van der Waals surface area contributed by atoms with Crippen LogP contribution in [-0.2, 0) is 19.2 Å². The molecule has 4 rings (SSSR count). The van der Waals surface area contributed by atoms with Crippen molar-refractivity contribution in [1.29, 1.82) is 0 Å².